The summed E-state index contributed by atoms with van der Waals surface area (Å²) in [4.78, 5) is 13.5. The van der Waals surface area contributed by atoms with Crippen molar-refractivity contribution in [2.75, 3.05) is 0 Å². The van der Waals surface area contributed by atoms with Crippen molar-refractivity contribution < 1.29 is 9.21 Å². The van der Waals surface area contributed by atoms with Gasteiger partial charge in [-0.05, 0) is 25.1 Å². The summed E-state index contributed by atoms with van der Waals surface area (Å²) in [6, 6.07) is 5.69. The Labute approximate surface area is 81.7 Å². The topological polar surface area (TPSA) is 46.0 Å². The van der Waals surface area contributed by atoms with Crippen LogP contribution in [0.2, 0.25) is 0 Å². The number of nitrogens with one attached hydrogen (secondary N) is 1. The van der Waals surface area contributed by atoms with E-state index in [9.17, 15) is 4.79 Å². The van der Waals surface area contributed by atoms with E-state index in [4.69, 9.17) is 4.42 Å². The van der Waals surface area contributed by atoms with Crippen LogP contribution in [0.4, 0.5) is 0 Å². The van der Waals surface area contributed by atoms with Crippen molar-refractivity contribution in [1.29, 1.82) is 0 Å². The molecule has 2 heterocycles. The van der Waals surface area contributed by atoms with Crippen LogP contribution in [0, 0.1) is 6.92 Å². The van der Waals surface area contributed by atoms with Crippen molar-refractivity contribution in [2.45, 2.75) is 13.3 Å². The number of aldehydes is 1. The number of aromatic amines is 1. The predicted octanol–water partition coefficient (Wildman–Crippen LogP) is 2.32. The lowest BCUT2D eigenvalue weighted by Crippen LogP contribution is -1.84. The van der Waals surface area contributed by atoms with Crippen LogP contribution in [0.1, 0.15) is 27.6 Å². The number of carbonyl (C=O) groups is 1. The largest absolute Gasteiger partial charge is 0.466 e. The molecule has 2 rings (SSSR count). The average molecular weight is 189 g/mol. The van der Waals surface area contributed by atoms with Gasteiger partial charge in [0, 0.05) is 23.9 Å². The number of H-pyrrole nitrogens is 1. The van der Waals surface area contributed by atoms with Crippen LogP contribution in [-0.4, -0.2) is 11.3 Å². The highest BCUT2D eigenvalue weighted by Crippen LogP contribution is 2.12. The second-order valence-corrected chi connectivity index (χ2v) is 3.27. The fraction of sp³-hybridized carbons (Fsp3) is 0.182. The van der Waals surface area contributed by atoms with Crippen molar-refractivity contribution >= 4 is 6.29 Å². The Balaban J connectivity index is 2.14. The van der Waals surface area contributed by atoms with Crippen molar-refractivity contribution in [2.24, 2.45) is 0 Å². The summed E-state index contributed by atoms with van der Waals surface area (Å²) < 4.78 is 5.42. The van der Waals surface area contributed by atoms with Gasteiger partial charge in [-0.2, -0.15) is 0 Å². The second kappa shape index (κ2) is 3.54. The number of hydrogen-bond donors (Lipinski definition) is 1. The molecule has 0 fully saturated rings. The Bertz CT molecular complexity index is 440. The summed E-state index contributed by atoms with van der Waals surface area (Å²) in [5.74, 6) is 1.81. The fourth-order valence-corrected chi connectivity index (χ4v) is 1.40. The zero-order valence-corrected chi connectivity index (χ0v) is 7.91. The molecule has 0 amide bonds. The molecule has 2 aromatic rings. The molecular weight excluding hydrogens is 178 g/mol. The molecule has 0 radical (unpaired) electrons. The highest BCUT2D eigenvalue weighted by Gasteiger charge is 2.02. The molecule has 2 aromatic heterocycles. The zero-order chi connectivity index (χ0) is 9.97. The molecule has 0 bridgehead atoms. The van der Waals surface area contributed by atoms with E-state index in [-0.39, 0.29) is 0 Å². The number of furan rings is 1. The maximum Gasteiger partial charge on any atom is 0.151 e. The highest BCUT2D eigenvalue weighted by molar-refractivity contribution is 5.74. The molecule has 0 aromatic carbocycles. The van der Waals surface area contributed by atoms with E-state index in [0.29, 0.717) is 12.0 Å². The molecule has 0 saturated heterocycles. The summed E-state index contributed by atoms with van der Waals surface area (Å²) >= 11 is 0. The summed E-state index contributed by atoms with van der Waals surface area (Å²) in [7, 11) is 0. The van der Waals surface area contributed by atoms with Gasteiger partial charge in [-0.25, -0.2) is 0 Å². The van der Waals surface area contributed by atoms with Gasteiger partial charge >= 0.3 is 0 Å². The van der Waals surface area contributed by atoms with Crippen molar-refractivity contribution in [3.05, 3.63) is 47.2 Å². The molecule has 0 aliphatic carbocycles. The maximum absolute atomic E-state index is 10.4. The SMILES string of the molecule is Cc1ccc(Cc2cc(C=O)c[nH]2)o1. The van der Waals surface area contributed by atoms with Gasteiger partial charge in [-0.3, -0.25) is 4.79 Å². The van der Waals surface area contributed by atoms with Crippen LogP contribution in [0.25, 0.3) is 0 Å². The van der Waals surface area contributed by atoms with E-state index < -0.39 is 0 Å². The van der Waals surface area contributed by atoms with Crippen LogP contribution < -0.4 is 0 Å². The highest BCUT2D eigenvalue weighted by atomic mass is 16.3. The molecule has 3 nitrogen and oxygen atoms in total. The summed E-state index contributed by atoms with van der Waals surface area (Å²) in [6.45, 7) is 1.91. The molecule has 14 heavy (non-hydrogen) atoms. The molecule has 72 valence electrons. The number of carbonyl (C=O) groups excluding carboxylic acids is 1. The minimum absolute atomic E-state index is 0.670. The standard InChI is InChI=1S/C11H11NO2/c1-8-2-3-11(14-8)5-10-4-9(7-13)6-12-10/h2-4,6-7,12H,5H2,1H3. The summed E-state index contributed by atoms with van der Waals surface area (Å²) in [5.41, 5.74) is 1.66. The molecule has 0 spiro atoms. The van der Waals surface area contributed by atoms with Crippen LogP contribution in [0.3, 0.4) is 0 Å². The second-order valence-electron chi connectivity index (χ2n) is 3.27. The Kier molecular flexibility index (Phi) is 2.23. The lowest BCUT2D eigenvalue weighted by molar-refractivity contribution is 0.112. The summed E-state index contributed by atoms with van der Waals surface area (Å²) in [6.07, 6.45) is 3.22. The molecule has 1 N–H and O–H groups in total. The lowest BCUT2D eigenvalue weighted by atomic mass is 10.2. The molecule has 3 heteroatoms. The third-order valence-electron chi connectivity index (χ3n) is 2.06. The Hall–Kier alpha value is -1.77. The van der Waals surface area contributed by atoms with Crippen molar-refractivity contribution in [3.63, 3.8) is 0 Å². The Morgan fingerprint density at radius 3 is 2.93 bits per heavy atom. The predicted molar refractivity (Wildman–Crippen MR) is 52.4 cm³/mol. The Morgan fingerprint density at radius 2 is 2.36 bits per heavy atom. The van der Waals surface area contributed by atoms with Gasteiger partial charge in [0.05, 0.1) is 0 Å². The van der Waals surface area contributed by atoms with Gasteiger partial charge in [0.25, 0.3) is 0 Å². The molecule has 0 aliphatic rings. The molecular formula is C11H11NO2. The van der Waals surface area contributed by atoms with Crippen LogP contribution in [-0.2, 0) is 6.42 Å². The lowest BCUT2D eigenvalue weighted by Gasteiger charge is -1.92. The third-order valence-corrected chi connectivity index (χ3v) is 2.06. The van der Waals surface area contributed by atoms with Crippen LogP contribution >= 0.6 is 0 Å². The first kappa shape index (κ1) is 8.81. The maximum atomic E-state index is 10.4. The van der Waals surface area contributed by atoms with E-state index in [0.717, 1.165) is 23.5 Å². The van der Waals surface area contributed by atoms with E-state index >= 15 is 0 Å². The fourth-order valence-electron chi connectivity index (χ4n) is 1.40. The van der Waals surface area contributed by atoms with Gasteiger partial charge in [0.15, 0.2) is 6.29 Å². The van der Waals surface area contributed by atoms with Gasteiger partial charge in [-0.15, -0.1) is 0 Å². The number of aromatic nitrogens is 1. The van der Waals surface area contributed by atoms with Gasteiger partial charge in [0.2, 0.25) is 0 Å². The monoisotopic (exact) mass is 189 g/mol. The number of aryl methyl sites for hydroxylation is 1. The molecule has 0 unspecified atom stereocenters. The van der Waals surface area contributed by atoms with Crippen LogP contribution in [0.15, 0.2) is 28.8 Å². The average Bonchev–Trinajstić information content (AvgIpc) is 2.76. The van der Waals surface area contributed by atoms with E-state index in [2.05, 4.69) is 4.98 Å². The van der Waals surface area contributed by atoms with Gasteiger partial charge < -0.3 is 9.40 Å². The normalized spacial score (nSPS) is 10.4. The van der Waals surface area contributed by atoms with Gasteiger partial charge in [0.1, 0.15) is 11.5 Å². The first-order valence-electron chi connectivity index (χ1n) is 4.46. The van der Waals surface area contributed by atoms with E-state index in [1.165, 1.54) is 0 Å². The number of rotatable bonds is 3. The van der Waals surface area contributed by atoms with Crippen molar-refractivity contribution in [3.8, 4) is 0 Å². The number of hydrogen-bond acceptors (Lipinski definition) is 2. The molecule has 0 saturated carbocycles. The molecule has 0 aliphatic heterocycles. The van der Waals surface area contributed by atoms with Crippen LogP contribution in [0.5, 0.6) is 0 Å². The van der Waals surface area contributed by atoms with E-state index in [1.54, 1.807) is 6.20 Å². The van der Waals surface area contributed by atoms with Crippen molar-refractivity contribution in [1.82, 2.24) is 4.98 Å². The zero-order valence-electron chi connectivity index (χ0n) is 7.91. The minimum Gasteiger partial charge on any atom is -0.466 e. The minimum atomic E-state index is 0.670. The van der Waals surface area contributed by atoms with Gasteiger partial charge in [-0.1, -0.05) is 0 Å². The third kappa shape index (κ3) is 1.76. The smallest absolute Gasteiger partial charge is 0.151 e. The summed E-state index contributed by atoms with van der Waals surface area (Å²) in [5, 5.41) is 0. The first-order chi connectivity index (χ1) is 6.78. The first-order valence-corrected chi connectivity index (χ1v) is 4.46. The van der Waals surface area contributed by atoms with E-state index in [1.807, 2.05) is 25.1 Å². The molecule has 0 atom stereocenters. The quantitative estimate of drug-likeness (QED) is 0.753. The Morgan fingerprint density at radius 1 is 1.50 bits per heavy atom.